The molecule has 0 atom stereocenters. The first-order chi connectivity index (χ1) is 9.75. The molecule has 5 aliphatic rings. The number of hydrogen-bond donors (Lipinski definition) is 1. The largest absolute Gasteiger partial charge is 0.319 e. The highest BCUT2D eigenvalue weighted by Gasteiger charge is 2.51. The Morgan fingerprint density at radius 3 is 2.00 bits per heavy atom. The van der Waals surface area contributed by atoms with E-state index >= 15 is 0 Å². The molecule has 20 heavy (non-hydrogen) atoms. The Morgan fingerprint density at radius 2 is 1.50 bits per heavy atom. The van der Waals surface area contributed by atoms with Crippen molar-refractivity contribution >= 4 is 0 Å². The van der Waals surface area contributed by atoms with Crippen LogP contribution in [0.1, 0.15) is 51.4 Å². The minimum absolute atomic E-state index is 0.755. The number of rotatable bonds is 4. The predicted octanol–water partition coefficient (Wildman–Crippen LogP) is 3.13. The molecule has 4 saturated carbocycles. The second-order valence-corrected chi connectivity index (χ2v) is 8.69. The van der Waals surface area contributed by atoms with Crippen LogP contribution in [-0.2, 0) is 0 Å². The highest BCUT2D eigenvalue weighted by molar-refractivity contribution is 5.02. The molecule has 0 unspecified atom stereocenters. The molecule has 0 radical (unpaired) electrons. The fourth-order valence-corrected chi connectivity index (χ4v) is 6.60. The van der Waals surface area contributed by atoms with E-state index in [-0.39, 0.29) is 0 Å². The second-order valence-electron chi connectivity index (χ2n) is 8.69. The van der Waals surface area contributed by atoms with Gasteiger partial charge >= 0.3 is 0 Å². The van der Waals surface area contributed by atoms with E-state index in [1.807, 2.05) is 0 Å². The van der Waals surface area contributed by atoms with Crippen molar-refractivity contribution in [2.75, 3.05) is 33.2 Å². The van der Waals surface area contributed by atoms with Gasteiger partial charge in [-0.3, -0.25) is 0 Å². The Labute approximate surface area is 124 Å². The van der Waals surface area contributed by atoms with Gasteiger partial charge in [-0.1, -0.05) is 0 Å². The lowest BCUT2D eigenvalue weighted by molar-refractivity contribution is -0.0723. The standard InChI is InChI=1S/C18H32N2/c1-19-12-14-2-4-20(5-3-14)13-18-9-15-6-16(10-18)8-17(7-15)11-18/h14-17,19H,2-13H2,1H3. The van der Waals surface area contributed by atoms with Crippen LogP contribution in [0, 0.1) is 29.1 Å². The topological polar surface area (TPSA) is 15.3 Å². The maximum absolute atomic E-state index is 3.36. The Balaban J connectivity index is 1.35. The number of piperidine rings is 1. The van der Waals surface area contributed by atoms with Gasteiger partial charge in [0.05, 0.1) is 0 Å². The third kappa shape index (κ3) is 2.54. The van der Waals surface area contributed by atoms with Crippen molar-refractivity contribution in [3.8, 4) is 0 Å². The fourth-order valence-electron chi connectivity index (χ4n) is 6.60. The summed E-state index contributed by atoms with van der Waals surface area (Å²) < 4.78 is 0. The molecule has 5 rings (SSSR count). The lowest BCUT2D eigenvalue weighted by Crippen LogP contribution is -2.52. The van der Waals surface area contributed by atoms with Crippen LogP contribution in [0.15, 0.2) is 0 Å². The first-order valence-electron chi connectivity index (χ1n) is 9.12. The van der Waals surface area contributed by atoms with Crippen LogP contribution in [0.3, 0.4) is 0 Å². The smallest absolute Gasteiger partial charge is 0.00383 e. The Kier molecular flexibility index (Phi) is 3.58. The van der Waals surface area contributed by atoms with Crippen molar-refractivity contribution in [1.82, 2.24) is 10.2 Å². The normalized spacial score (nSPS) is 45.1. The van der Waals surface area contributed by atoms with Gasteiger partial charge < -0.3 is 10.2 Å². The van der Waals surface area contributed by atoms with Crippen LogP contribution in [0.2, 0.25) is 0 Å². The van der Waals surface area contributed by atoms with Gasteiger partial charge in [-0.15, -0.1) is 0 Å². The van der Waals surface area contributed by atoms with Gasteiger partial charge in [0, 0.05) is 6.54 Å². The summed E-state index contributed by atoms with van der Waals surface area (Å²) in [7, 11) is 2.10. The molecule has 0 aromatic heterocycles. The molecule has 2 nitrogen and oxygen atoms in total. The molecule has 5 fully saturated rings. The molecule has 2 heteroatoms. The molecule has 0 amide bonds. The highest BCUT2D eigenvalue weighted by Crippen LogP contribution is 2.60. The molecule has 1 N–H and O–H groups in total. The van der Waals surface area contributed by atoms with Crippen molar-refractivity contribution in [3.63, 3.8) is 0 Å². The van der Waals surface area contributed by atoms with E-state index in [0.717, 1.165) is 29.1 Å². The van der Waals surface area contributed by atoms with E-state index < -0.39 is 0 Å². The molecule has 4 aliphatic carbocycles. The summed E-state index contributed by atoms with van der Waals surface area (Å²) in [6.45, 7) is 5.41. The molecule has 1 heterocycles. The van der Waals surface area contributed by atoms with Crippen LogP contribution in [0.5, 0.6) is 0 Å². The van der Waals surface area contributed by atoms with Crippen LogP contribution in [0.25, 0.3) is 0 Å². The van der Waals surface area contributed by atoms with E-state index in [2.05, 4.69) is 17.3 Å². The van der Waals surface area contributed by atoms with Crippen LogP contribution in [0.4, 0.5) is 0 Å². The third-order valence-electron chi connectivity index (χ3n) is 6.92. The van der Waals surface area contributed by atoms with Crippen molar-refractivity contribution in [2.24, 2.45) is 29.1 Å². The summed E-state index contributed by atoms with van der Waals surface area (Å²) in [6.07, 6.45) is 12.3. The first kappa shape index (κ1) is 13.6. The third-order valence-corrected chi connectivity index (χ3v) is 6.92. The van der Waals surface area contributed by atoms with Crippen molar-refractivity contribution in [2.45, 2.75) is 51.4 Å². The highest BCUT2D eigenvalue weighted by atomic mass is 15.1. The van der Waals surface area contributed by atoms with Crippen LogP contribution >= 0.6 is 0 Å². The quantitative estimate of drug-likeness (QED) is 0.848. The predicted molar refractivity (Wildman–Crippen MR) is 83.7 cm³/mol. The molecule has 1 aliphatic heterocycles. The summed E-state index contributed by atoms with van der Waals surface area (Å²) >= 11 is 0. The van der Waals surface area contributed by atoms with Crippen molar-refractivity contribution < 1.29 is 0 Å². The van der Waals surface area contributed by atoms with Gasteiger partial charge in [-0.25, -0.2) is 0 Å². The molecule has 0 aromatic rings. The summed E-state index contributed by atoms with van der Waals surface area (Å²) in [5.74, 6) is 4.28. The lowest BCUT2D eigenvalue weighted by Gasteiger charge is -2.58. The molecular weight excluding hydrogens is 244 g/mol. The molecule has 0 spiro atoms. The monoisotopic (exact) mass is 276 g/mol. The van der Waals surface area contributed by atoms with Gasteiger partial charge in [0.15, 0.2) is 0 Å². The minimum atomic E-state index is 0.755. The SMILES string of the molecule is CNCC1CCN(CC23CC4CC(CC(C4)C2)C3)CC1. The van der Waals surface area contributed by atoms with Crippen LogP contribution in [-0.4, -0.2) is 38.1 Å². The van der Waals surface area contributed by atoms with Gasteiger partial charge in [-0.05, 0) is 107 Å². The zero-order valence-electron chi connectivity index (χ0n) is 13.2. The number of nitrogens with zero attached hydrogens (tertiary/aromatic N) is 1. The molecule has 1 saturated heterocycles. The number of nitrogens with one attached hydrogen (secondary N) is 1. The molecule has 114 valence electrons. The zero-order valence-corrected chi connectivity index (χ0v) is 13.2. The Morgan fingerprint density at radius 1 is 0.950 bits per heavy atom. The van der Waals surface area contributed by atoms with Crippen molar-refractivity contribution in [1.29, 1.82) is 0 Å². The fraction of sp³-hybridized carbons (Fsp3) is 1.00. The maximum atomic E-state index is 3.36. The van der Waals surface area contributed by atoms with Crippen molar-refractivity contribution in [3.05, 3.63) is 0 Å². The first-order valence-corrected chi connectivity index (χ1v) is 9.12. The second kappa shape index (κ2) is 5.28. The van der Waals surface area contributed by atoms with Gasteiger partial charge in [0.1, 0.15) is 0 Å². The Bertz CT molecular complexity index is 308. The molecule has 4 bridgehead atoms. The number of likely N-dealkylation sites (tertiary alicyclic amines) is 1. The Hall–Kier alpha value is -0.0800. The van der Waals surface area contributed by atoms with E-state index in [4.69, 9.17) is 0 Å². The van der Waals surface area contributed by atoms with E-state index in [0.29, 0.717) is 0 Å². The summed E-state index contributed by atoms with van der Waals surface area (Å²) in [5, 5.41) is 3.36. The summed E-state index contributed by atoms with van der Waals surface area (Å²) in [6, 6.07) is 0. The van der Waals surface area contributed by atoms with E-state index in [1.54, 1.807) is 38.5 Å². The van der Waals surface area contributed by atoms with E-state index in [1.165, 1.54) is 39.0 Å². The average Bonchev–Trinajstić information content (AvgIpc) is 2.39. The molecular formula is C18H32N2. The van der Waals surface area contributed by atoms with Crippen LogP contribution < -0.4 is 5.32 Å². The van der Waals surface area contributed by atoms with E-state index in [9.17, 15) is 0 Å². The minimum Gasteiger partial charge on any atom is -0.319 e. The van der Waals surface area contributed by atoms with Gasteiger partial charge in [0.2, 0.25) is 0 Å². The summed E-state index contributed by atoms with van der Waals surface area (Å²) in [4.78, 5) is 2.83. The molecule has 0 aromatic carbocycles. The van der Waals surface area contributed by atoms with Gasteiger partial charge in [-0.2, -0.15) is 0 Å². The zero-order chi connectivity index (χ0) is 13.6. The summed E-state index contributed by atoms with van der Waals surface area (Å²) in [5.41, 5.74) is 0.755. The lowest BCUT2D eigenvalue weighted by atomic mass is 9.49. The number of hydrogen-bond acceptors (Lipinski definition) is 2. The average molecular weight is 276 g/mol. The maximum Gasteiger partial charge on any atom is 0.00383 e. The van der Waals surface area contributed by atoms with Gasteiger partial charge in [0.25, 0.3) is 0 Å².